The van der Waals surface area contributed by atoms with Crippen molar-refractivity contribution in [3.63, 3.8) is 0 Å². The number of para-hydroxylation sites is 1. The maximum atomic E-state index is 5.77. The summed E-state index contributed by atoms with van der Waals surface area (Å²) in [6, 6.07) is 14.0. The van der Waals surface area contributed by atoms with Gasteiger partial charge in [0.25, 0.3) is 0 Å². The zero-order valence-electron chi connectivity index (χ0n) is 20.1. The van der Waals surface area contributed by atoms with Crippen LogP contribution in [0.5, 0.6) is 11.5 Å². The van der Waals surface area contributed by atoms with Gasteiger partial charge in [0.2, 0.25) is 0 Å². The average Bonchev–Trinajstić information content (AvgIpc) is 3.55. The zero-order valence-corrected chi connectivity index (χ0v) is 20.9. The van der Waals surface area contributed by atoms with Gasteiger partial charge in [-0.3, -0.25) is 4.90 Å². The number of thiazole rings is 1. The molecular formula is C24H29N7O3S. The summed E-state index contributed by atoms with van der Waals surface area (Å²) >= 11 is 1.74. The van der Waals surface area contributed by atoms with Crippen LogP contribution in [0.4, 0.5) is 5.13 Å². The molecule has 1 unspecified atom stereocenters. The second kappa shape index (κ2) is 10.5. The predicted octanol–water partition coefficient (Wildman–Crippen LogP) is 2.86. The van der Waals surface area contributed by atoms with Crippen LogP contribution in [0.3, 0.4) is 0 Å². The van der Waals surface area contributed by atoms with E-state index in [-0.39, 0.29) is 6.04 Å². The fourth-order valence-corrected chi connectivity index (χ4v) is 5.47. The van der Waals surface area contributed by atoms with Gasteiger partial charge < -0.3 is 19.1 Å². The molecule has 0 saturated carbocycles. The first kappa shape index (κ1) is 23.5. The van der Waals surface area contributed by atoms with Crippen LogP contribution in [-0.4, -0.2) is 84.2 Å². The Morgan fingerprint density at radius 1 is 1.00 bits per heavy atom. The molecule has 35 heavy (non-hydrogen) atoms. The molecule has 3 heterocycles. The highest BCUT2D eigenvalue weighted by Gasteiger charge is 2.33. The number of rotatable bonds is 9. The Hall–Kier alpha value is -3.28. The molecule has 1 aliphatic heterocycles. The highest BCUT2D eigenvalue weighted by Crippen LogP contribution is 2.37. The number of hydrogen-bond donors (Lipinski definition) is 0. The summed E-state index contributed by atoms with van der Waals surface area (Å²) in [5, 5.41) is 13.7. The molecule has 1 atom stereocenters. The van der Waals surface area contributed by atoms with E-state index in [9.17, 15) is 0 Å². The summed E-state index contributed by atoms with van der Waals surface area (Å²) in [6.45, 7) is 4.46. The van der Waals surface area contributed by atoms with Gasteiger partial charge in [0, 0.05) is 44.9 Å². The van der Waals surface area contributed by atoms with Gasteiger partial charge >= 0.3 is 0 Å². The average molecular weight is 496 g/mol. The quantitative estimate of drug-likeness (QED) is 0.348. The summed E-state index contributed by atoms with van der Waals surface area (Å²) in [5.74, 6) is 2.24. The molecule has 2 aromatic carbocycles. The second-order valence-corrected chi connectivity index (χ2v) is 9.26. The molecular weight excluding hydrogens is 466 g/mol. The van der Waals surface area contributed by atoms with Crippen molar-refractivity contribution in [2.45, 2.75) is 12.6 Å². The van der Waals surface area contributed by atoms with Gasteiger partial charge in [-0.1, -0.05) is 23.5 Å². The number of aromatic nitrogens is 5. The van der Waals surface area contributed by atoms with Gasteiger partial charge in [-0.25, -0.2) is 9.67 Å². The van der Waals surface area contributed by atoms with Crippen molar-refractivity contribution in [2.75, 3.05) is 59.0 Å². The summed E-state index contributed by atoms with van der Waals surface area (Å²) in [7, 11) is 5.00. The maximum Gasteiger partial charge on any atom is 0.186 e. The van der Waals surface area contributed by atoms with E-state index in [2.05, 4.69) is 43.5 Å². The third-order valence-electron chi connectivity index (χ3n) is 6.28. The van der Waals surface area contributed by atoms with Crippen LogP contribution in [0.1, 0.15) is 17.4 Å². The van der Waals surface area contributed by atoms with Gasteiger partial charge in [-0.2, -0.15) is 0 Å². The van der Waals surface area contributed by atoms with E-state index < -0.39 is 0 Å². The topological polar surface area (TPSA) is 90.7 Å². The molecule has 0 spiro atoms. The van der Waals surface area contributed by atoms with Crippen molar-refractivity contribution >= 4 is 26.7 Å². The van der Waals surface area contributed by atoms with E-state index in [1.165, 1.54) is 4.70 Å². The minimum atomic E-state index is -0.180. The Balaban J connectivity index is 1.44. The lowest BCUT2D eigenvalue weighted by molar-refractivity contribution is 0.171. The number of ether oxygens (including phenoxy) is 3. The van der Waals surface area contributed by atoms with Crippen molar-refractivity contribution < 1.29 is 14.2 Å². The minimum absolute atomic E-state index is 0.180. The van der Waals surface area contributed by atoms with Gasteiger partial charge in [0.05, 0.1) is 37.6 Å². The highest BCUT2D eigenvalue weighted by atomic mass is 32.1. The molecule has 0 radical (unpaired) electrons. The third kappa shape index (κ3) is 4.79. The van der Waals surface area contributed by atoms with Gasteiger partial charge in [0.1, 0.15) is 17.5 Å². The molecule has 2 aromatic heterocycles. The van der Waals surface area contributed by atoms with E-state index in [0.29, 0.717) is 13.2 Å². The normalized spacial score (nSPS) is 15.5. The molecule has 0 amide bonds. The zero-order chi connectivity index (χ0) is 24.2. The molecule has 4 aromatic rings. The van der Waals surface area contributed by atoms with Crippen LogP contribution < -0.4 is 14.4 Å². The van der Waals surface area contributed by atoms with Crippen molar-refractivity contribution in [1.29, 1.82) is 0 Å². The Bertz CT molecular complexity index is 1240. The Labute approximate surface area is 208 Å². The largest absolute Gasteiger partial charge is 0.497 e. The molecule has 11 heteroatoms. The van der Waals surface area contributed by atoms with E-state index in [1.807, 2.05) is 28.9 Å². The SMILES string of the molecule is COCCn1nnnc1C(c1ccc(OC)cc1OC)N1CCN(c2nc3ccccc3s2)CC1. The lowest BCUT2D eigenvalue weighted by Crippen LogP contribution is -2.48. The van der Waals surface area contributed by atoms with E-state index >= 15 is 0 Å². The molecule has 5 rings (SSSR count). The molecule has 0 bridgehead atoms. The van der Waals surface area contributed by atoms with Gasteiger partial charge in [-0.05, 0) is 34.7 Å². The fourth-order valence-electron chi connectivity index (χ4n) is 4.45. The number of hydrogen-bond acceptors (Lipinski definition) is 10. The molecule has 1 fully saturated rings. The first-order valence-corrected chi connectivity index (χ1v) is 12.3. The minimum Gasteiger partial charge on any atom is -0.497 e. The predicted molar refractivity (Wildman–Crippen MR) is 134 cm³/mol. The summed E-state index contributed by atoms with van der Waals surface area (Å²) in [4.78, 5) is 9.61. The number of tetrazole rings is 1. The van der Waals surface area contributed by atoms with Crippen molar-refractivity contribution in [3.05, 3.63) is 53.9 Å². The fraction of sp³-hybridized carbons (Fsp3) is 0.417. The van der Waals surface area contributed by atoms with Crippen LogP contribution in [-0.2, 0) is 11.3 Å². The third-order valence-corrected chi connectivity index (χ3v) is 7.38. The molecule has 10 nitrogen and oxygen atoms in total. The van der Waals surface area contributed by atoms with Crippen LogP contribution >= 0.6 is 11.3 Å². The lowest BCUT2D eigenvalue weighted by Gasteiger charge is -2.39. The molecule has 184 valence electrons. The summed E-state index contributed by atoms with van der Waals surface area (Å²) in [6.07, 6.45) is 0. The number of benzene rings is 2. The number of nitrogens with zero attached hydrogens (tertiary/aromatic N) is 7. The number of methoxy groups -OCH3 is 3. The standard InChI is InChI=1S/C24H29N7O3S/c1-32-15-14-31-23(26-27-28-31)22(18-9-8-17(33-2)16-20(18)34-3)29-10-12-30(13-11-29)24-25-19-6-4-5-7-21(19)35-24/h4-9,16,22H,10-15H2,1-3H3. The van der Waals surface area contributed by atoms with Crippen LogP contribution in [0.15, 0.2) is 42.5 Å². The highest BCUT2D eigenvalue weighted by molar-refractivity contribution is 7.22. The molecule has 1 aliphatic rings. The van der Waals surface area contributed by atoms with Crippen LogP contribution in [0, 0.1) is 0 Å². The molecule has 0 N–H and O–H groups in total. The van der Waals surface area contributed by atoms with Gasteiger partial charge in [-0.15, -0.1) is 5.10 Å². The van der Waals surface area contributed by atoms with Crippen molar-refractivity contribution in [2.24, 2.45) is 0 Å². The van der Waals surface area contributed by atoms with Gasteiger partial charge in [0.15, 0.2) is 11.0 Å². The van der Waals surface area contributed by atoms with Crippen molar-refractivity contribution in [1.82, 2.24) is 30.1 Å². The summed E-state index contributed by atoms with van der Waals surface area (Å²) in [5.41, 5.74) is 2.04. The second-order valence-electron chi connectivity index (χ2n) is 8.25. The van der Waals surface area contributed by atoms with Crippen LogP contribution in [0.2, 0.25) is 0 Å². The Morgan fingerprint density at radius 2 is 1.83 bits per heavy atom. The monoisotopic (exact) mass is 495 g/mol. The first-order chi connectivity index (χ1) is 17.2. The molecule has 1 saturated heterocycles. The van der Waals surface area contributed by atoms with E-state index in [0.717, 1.165) is 59.7 Å². The smallest absolute Gasteiger partial charge is 0.186 e. The molecule has 0 aliphatic carbocycles. The lowest BCUT2D eigenvalue weighted by atomic mass is 10.0. The number of piperazine rings is 1. The maximum absolute atomic E-state index is 5.77. The Kier molecular flexibility index (Phi) is 7.07. The van der Waals surface area contributed by atoms with Crippen molar-refractivity contribution in [3.8, 4) is 11.5 Å². The number of anilines is 1. The van der Waals surface area contributed by atoms with E-state index in [1.54, 1.807) is 32.7 Å². The van der Waals surface area contributed by atoms with E-state index in [4.69, 9.17) is 19.2 Å². The first-order valence-electron chi connectivity index (χ1n) is 11.5. The van der Waals surface area contributed by atoms with Crippen LogP contribution in [0.25, 0.3) is 10.2 Å². The summed E-state index contributed by atoms with van der Waals surface area (Å²) < 4.78 is 19.5. The number of fused-ring (bicyclic) bond motifs is 1. The Morgan fingerprint density at radius 3 is 2.57 bits per heavy atom.